The maximum Gasteiger partial charge on any atom is 0.450 e. The molecule has 1 heterocycles. The molecule has 0 aromatic heterocycles. The molecule has 3 aromatic rings. The number of quaternary nitrogens is 1. The molecule has 0 fully saturated rings. The van der Waals surface area contributed by atoms with Crippen molar-refractivity contribution in [2.45, 2.75) is 26.6 Å². The van der Waals surface area contributed by atoms with Crippen molar-refractivity contribution in [2.24, 2.45) is 5.73 Å². The first-order chi connectivity index (χ1) is 18.3. The van der Waals surface area contributed by atoms with Crippen molar-refractivity contribution in [1.29, 1.82) is 0 Å². The lowest BCUT2D eigenvalue weighted by Gasteiger charge is -2.33. The minimum atomic E-state index is -4.79. The SMILES string of the molecule is CCS(=O)(=O)[N+](C(N)=O)(c1ccc2c(c1)C(c1cccc(F)c1)Oc1cccc(OC(F)F)c1-2)S(=O)(=O)CC. The van der Waals surface area contributed by atoms with E-state index in [1.54, 1.807) is 0 Å². The summed E-state index contributed by atoms with van der Waals surface area (Å²) in [6, 6.07) is 11.1. The maximum atomic E-state index is 14.2. The highest BCUT2D eigenvalue weighted by atomic mass is 32.3. The summed E-state index contributed by atoms with van der Waals surface area (Å²) in [5.41, 5.74) is 5.56. The summed E-state index contributed by atoms with van der Waals surface area (Å²) < 4.78 is 102. The summed E-state index contributed by atoms with van der Waals surface area (Å²) in [4.78, 5) is 12.8. The summed E-state index contributed by atoms with van der Waals surface area (Å²) >= 11 is 0. The van der Waals surface area contributed by atoms with Crippen molar-refractivity contribution < 1.29 is 44.3 Å². The second-order valence-electron chi connectivity index (χ2n) is 8.46. The number of halogens is 3. The van der Waals surface area contributed by atoms with Gasteiger partial charge in [-0.3, -0.25) is 0 Å². The molecule has 14 heteroatoms. The molecule has 0 saturated carbocycles. The van der Waals surface area contributed by atoms with Crippen molar-refractivity contribution in [3.8, 4) is 22.6 Å². The van der Waals surface area contributed by atoms with Crippen LogP contribution in [0.15, 0.2) is 60.7 Å². The van der Waals surface area contributed by atoms with Crippen LogP contribution in [0.5, 0.6) is 11.5 Å². The molecule has 1 atom stereocenters. The van der Waals surface area contributed by atoms with Crippen LogP contribution in [0, 0.1) is 5.82 Å². The summed E-state index contributed by atoms with van der Waals surface area (Å²) in [5.74, 6) is -2.32. The van der Waals surface area contributed by atoms with Gasteiger partial charge in [0.15, 0.2) is 5.69 Å². The number of hydrogen-bond donors (Lipinski definition) is 1. The Morgan fingerprint density at radius 3 is 2.21 bits per heavy atom. The third-order valence-corrected chi connectivity index (χ3v) is 11.5. The Balaban J connectivity index is 2.12. The molecule has 2 N–H and O–H groups in total. The minimum absolute atomic E-state index is 0.0669. The number of benzene rings is 3. The Labute approximate surface area is 223 Å². The fourth-order valence-corrected chi connectivity index (χ4v) is 8.78. The molecule has 4 rings (SSSR count). The van der Waals surface area contributed by atoms with Gasteiger partial charge >= 0.3 is 32.7 Å². The highest BCUT2D eigenvalue weighted by molar-refractivity contribution is 8.08. The molecule has 1 aliphatic heterocycles. The van der Waals surface area contributed by atoms with Crippen LogP contribution in [-0.4, -0.2) is 41.0 Å². The number of rotatable bonds is 8. The molecule has 1 aliphatic rings. The van der Waals surface area contributed by atoms with Crippen LogP contribution in [0.2, 0.25) is 0 Å². The van der Waals surface area contributed by atoms with Gasteiger partial charge in [-0.2, -0.15) is 25.6 Å². The average molecular weight is 586 g/mol. The molecule has 1 unspecified atom stereocenters. The van der Waals surface area contributed by atoms with Gasteiger partial charge in [-0.25, -0.2) is 9.18 Å². The third kappa shape index (κ3) is 4.51. The Hall–Kier alpha value is -3.62. The highest BCUT2D eigenvalue weighted by Crippen LogP contribution is 2.51. The van der Waals surface area contributed by atoms with E-state index in [0.717, 1.165) is 32.0 Å². The number of sulfonamides is 2. The Morgan fingerprint density at radius 1 is 1.00 bits per heavy atom. The molecule has 0 radical (unpaired) electrons. The molecule has 0 spiro atoms. The van der Waals surface area contributed by atoms with Crippen molar-refractivity contribution in [3.63, 3.8) is 0 Å². The van der Waals surface area contributed by atoms with Crippen molar-refractivity contribution >= 4 is 31.8 Å². The summed E-state index contributed by atoms with van der Waals surface area (Å²) in [6.07, 6.45) is -1.16. The zero-order chi connectivity index (χ0) is 28.8. The van der Waals surface area contributed by atoms with Crippen LogP contribution in [0.1, 0.15) is 31.1 Å². The van der Waals surface area contributed by atoms with Crippen LogP contribution < -0.4 is 18.5 Å². The van der Waals surface area contributed by atoms with Gasteiger partial charge in [-0.15, -0.1) is 0 Å². The van der Waals surface area contributed by atoms with Crippen molar-refractivity contribution in [1.82, 2.24) is 3.29 Å². The number of fused-ring (bicyclic) bond motifs is 3. The molecule has 208 valence electrons. The van der Waals surface area contributed by atoms with E-state index in [1.807, 2.05) is 0 Å². The van der Waals surface area contributed by atoms with E-state index in [4.69, 9.17) is 10.5 Å². The number of alkyl halides is 2. The molecule has 39 heavy (non-hydrogen) atoms. The lowest BCUT2D eigenvalue weighted by molar-refractivity contribution is -0.0496. The number of urea groups is 1. The quantitative estimate of drug-likeness (QED) is 0.381. The van der Waals surface area contributed by atoms with E-state index in [9.17, 15) is 34.8 Å². The summed E-state index contributed by atoms with van der Waals surface area (Å²) in [6.45, 7) is -0.862. The first-order valence-corrected chi connectivity index (χ1v) is 14.8. The molecule has 9 nitrogen and oxygen atoms in total. The molecular formula is C25H24F3N2O7S2+. The number of nitrogens with zero attached hydrogens (tertiary/aromatic N) is 1. The van der Waals surface area contributed by atoms with Gasteiger partial charge in [-0.1, -0.05) is 18.2 Å². The van der Waals surface area contributed by atoms with Crippen LogP contribution in [0.25, 0.3) is 11.1 Å². The van der Waals surface area contributed by atoms with Crippen LogP contribution in [-0.2, 0) is 20.0 Å². The smallest absolute Gasteiger partial charge is 0.450 e. The van der Waals surface area contributed by atoms with Crippen LogP contribution in [0.3, 0.4) is 0 Å². The number of hydrogen-bond acceptors (Lipinski definition) is 7. The topological polar surface area (TPSA) is 130 Å². The molecular weight excluding hydrogens is 561 g/mol. The van der Waals surface area contributed by atoms with E-state index in [2.05, 4.69) is 4.74 Å². The first-order valence-electron chi connectivity index (χ1n) is 11.6. The number of amides is 2. The van der Waals surface area contributed by atoms with E-state index in [0.29, 0.717) is 0 Å². The van der Waals surface area contributed by atoms with E-state index in [1.165, 1.54) is 42.5 Å². The Morgan fingerprint density at radius 2 is 1.64 bits per heavy atom. The van der Waals surface area contributed by atoms with Crippen molar-refractivity contribution in [3.05, 3.63) is 77.6 Å². The predicted molar refractivity (Wildman–Crippen MR) is 138 cm³/mol. The van der Waals surface area contributed by atoms with Gasteiger partial charge in [0.1, 0.15) is 23.4 Å². The van der Waals surface area contributed by atoms with E-state index < -0.39 is 65.1 Å². The molecule has 0 aliphatic carbocycles. The number of carbonyl (C=O) groups excluding carboxylic acids is 1. The predicted octanol–water partition coefficient (Wildman–Crippen LogP) is 4.66. The van der Waals surface area contributed by atoms with E-state index in [-0.39, 0.29) is 33.8 Å². The summed E-state index contributed by atoms with van der Waals surface area (Å²) in [5, 5.41) is 0. The number of primary amides is 1. The fraction of sp³-hybridized carbons (Fsp3) is 0.240. The lowest BCUT2D eigenvalue weighted by Crippen LogP contribution is -2.65. The zero-order valence-electron chi connectivity index (χ0n) is 20.7. The zero-order valence-corrected chi connectivity index (χ0v) is 22.3. The molecule has 3 aromatic carbocycles. The summed E-state index contributed by atoms with van der Waals surface area (Å²) in [7, 11) is -9.59. The molecule has 2 amide bonds. The largest absolute Gasteiger partial charge is 0.480 e. The van der Waals surface area contributed by atoms with Crippen molar-refractivity contribution in [2.75, 3.05) is 11.5 Å². The fourth-order valence-electron chi connectivity index (χ4n) is 4.61. The van der Waals surface area contributed by atoms with Gasteiger partial charge < -0.3 is 15.2 Å². The second kappa shape index (κ2) is 10.2. The number of nitrogens with two attached hydrogens (primary N) is 1. The second-order valence-corrected chi connectivity index (χ2v) is 13.3. The van der Waals surface area contributed by atoms with Gasteiger partial charge in [-0.05, 0) is 58.6 Å². The van der Waals surface area contributed by atoms with Gasteiger partial charge in [0, 0.05) is 17.7 Å². The maximum absolute atomic E-state index is 14.2. The monoisotopic (exact) mass is 585 g/mol. The normalized spacial score (nSPS) is 15.3. The van der Waals surface area contributed by atoms with Gasteiger partial charge in [0.05, 0.1) is 17.1 Å². The third-order valence-electron chi connectivity index (χ3n) is 6.33. The van der Waals surface area contributed by atoms with Crippen LogP contribution >= 0.6 is 0 Å². The molecule has 0 bridgehead atoms. The highest BCUT2D eigenvalue weighted by Gasteiger charge is 2.60. The lowest BCUT2D eigenvalue weighted by atomic mass is 9.88. The number of ether oxygens (including phenoxy) is 2. The van der Waals surface area contributed by atoms with Gasteiger partial charge in [0.25, 0.3) is 0 Å². The Bertz CT molecular complexity index is 1630. The average Bonchev–Trinajstić information content (AvgIpc) is 2.87. The standard InChI is InChI=1S/C25H23F3N2O7S2/c1-3-38(32,33)30(25(29)31,39(34,35)4-2)17-11-12-18-19(14-17)23(15-7-5-8-16(26)13-15)36-20-9-6-10-21(22(18)20)37-24(27)28/h5-14,23-24H,3-4H2,1-2H3,(H-,29,31)/p+1. The minimum Gasteiger partial charge on any atom is -0.480 e. The van der Waals surface area contributed by atoms with Gasteiger partial charge in [0.2, 0.25) is 0 Å². The Kier molecular flexibility index (Phi) is 7.40. The first kappa shape index (κ1) is 28.4. The van der Waals surface area contributed by atoms with Crippen LogP contribution in [0.4, 0.5) is 23.7 Å². The van der Waals surface area contributed by atoms with E-state index >= 15 is 0 Å². The molecule has 0 saturated heterocycles. The number of carbonyl (C=O) groups is 1.